The molecule has 90 valence electrons. The highest BCUT2D eigenvalue weighted by molar-refractivity contribution is 5.94. The maximum absolute atomic E-state index is 12.0. The fourth-order valence-corrected chi connectivity index (χ4v) is 3.03. The van der Waals surface area contributed by atoms with Crippen LogP contribution in [-0.2, 0) is 0 Å². The van der Waals surface area contributed by atoms with Gasteiger partial charge in [-0.25, -0.2) is 0 Å². The lowest BCUT2D eigenvalue weighted by Gasteiger charge is -2.29. The topological polar surface area (TPSA) is 41.1 Å². The van der Waals surface area contributed by atoms with Crippen molar-refractivity contribution in [2.45, 2.75) is 43.8 Å². The quantitative estimate of drug-likeness (QED) is 0.812. The fraction of sp³-hybridized carbons (Fsp3) is 0.500. The van der Waals surface area contributed by atoms with E-state index in [2.05, 4.69) is 10.6 Å². The van der Waals surface area contributed by atoms with Gasteiger partial charge in [0, 0.05) is 23.7 Å². The molecule has 2 aliphatic heterocycles. The molecule has 2 fully saturated rings. The number of carbonyl (C=O) groups is 1. The van der Waals surface area contributed by atoms with Gasteiger partial charge in [0.1, 0.15) is 0 Å². The summed E-state index contributed by atoms with van der Waals surface area (Å²) in [5, 5.41) is 6.74. The zero-order valence-corrected chi connectivity index (χ0v) is 9.86. The van der Waals surface area contributed by atoms with Gasteiger partial charge in [0.05, 0.1) is 0 Å². The Bertz CT molecular complexity index is 392. The third-order valence-electron chi connectivity index (χ3n) is 3.84. The third-order valence-corrected chi connectivity index (χ3v) is 3.84. The van der Waals surface area contributed by atoms with Crippen LogP contribution in [0.15, 0.2) is 30.3 Å². The molecule has 0 spiro atoms. The first-order chi connectivity index (χ1) is 8.31. The van der Waals surface area contributed by atoms with Gasteiger partial charge < -0.3 is 10.6 Å². The van der Waals surface area contributed by atoms with Gasteiger partial charge in [-0.3, -0.25) is 4.79 Å². The highest BCUT2D eigenvalue weighted by Crippen LogP contribution is 2.26. The molecule has 1 aromatic carbocycles. The number of piperidine rings is 1. The average Bonchev–Trinajstić information content (AvgIpc) is 2.70. The summed E-state index contributed by atoms with van der Waals surface area (Å²) in [4.78, 5) is 12.0. The van der Waals surface area contributed by atoms with Crippen LogP contribution in [0.25, 0.3) is 0 Å². The summed E-state index contributed by atoms with van der Waals surface area (Å²) in [6, 6.07) is 11.1. The molecule has 3 rings (SSSR count). The lowest BCUT2D eigenvalue weighted by molar-refractivity contribution is 0.0924. The fourth-order valence-electron chi connectivity index (χ4n) is 3.03. The van der Waals surface area contributed by atoms with E-state index in [4.69, 9.17) is 0 Å². The molecule has 0 aliphatic carbocycles. The Morgan fingerprint density at radius 1 is 1.12 bits per heavy atom. The van der Waals surface area contributed by atoms with Gasteiger partial charge in [-0.05, 0) is 37.8 Å². The molecule has 1 aromatic rings. The number of benzene rings is 1. The largest absolute Gasteiger partial charge is 0.349 e. The number of amides is 1. The number of hydrogen-bond acceptors (Lipinski definition) is 2. The molecule has 0 unspecified atom stereocenters. The Morgan fingerprint density at radius 2 is 1.76 bits per heavy atom. The molecule has 2 atom stereocenters. The predicted molar refractivity (Wildman–Crippen MR) is 66.9 cm³/mol. The summed E-state index contributed by atoms with van der Waals surface area (Å²) in [6.07, 6.45) is 4.69. The number of hydrogen-bond donors (Lipinski definition) is 2. The molecule has 0 radical (unpaired) electrons. The van der Waals surface area contributed by atoms with Crippen LogP contribution in [0.3, 0.4) is 0 Å². The first kappa shape index (κ1) is 10.8. The molecular weight excluding hydrogens is 212 g/mol. The molecule has 2 aliphatic rings. The summed E-state index contributed by atoms with van der Waals surface area (Å²) in [6.45, 7) is 0. The van der Waals surface area contributed by atoms with Gasteiger partial charge in [0.15, 0.2) is 0 Å². The van der Waals surface area contributed by atoms with Crippen LogP contribution in [0, 0.1) is 0 Å². The van der Waals surface area contributed by atoms with E-state index in [1.165, 1.54) is 12.8 Å². The highest BCUT2D eigenvalue weighted by atomic mass is 16.1. The van der Waals surface area contributed by atoms with Crippen molar-refractivity contribution in [3.63, 3.8) is 0 Å². The lowest BCUT2D eigenvalue weighted by Crippen LogP contribution is -2.48. The number of fused-ring (bicyclic) bond motifs is 2. The molecule has 3 heteroatoms. The second-order valence-corrected chi connectivity index (χ2v) is 5.15. The van der Waals surface area contributed by atoms with Crippen molar-refractivity contribution >= 4 is 5.91 Å². The molecule has 1 amide bonds. The van der Waals surface area contributed by atoms with Crippen LogP contribution in [0.2, 0.25) is 0 Å². The molecule has 3 nitrogen and oxygen atoms in total. The average molecular weight is 230 g/mol. The minimum Gasteiger partial charge on any atom is -0.349 e. The van der Waals surface area contributed by atoms with E-state index in [0.29, 0.717) is 18.1 Å². The second kappa shape index (κ2) is 4.49. The normalized spacial score (nSPS) is 31.2. The zero-order chi connectivity index (χ0) is 11.7. The van der Waals surface area contributed by atoms with Gasteiger partial charge in [-0.2, -0.15) is 0 Å². The van der Waals surface area contributed by atoms with Crippen LogP contribution in [-0.4, -0.2) is 24.0 Å². The van der Waals surface area contributed by atoms with Crippen molar-refractivity contribution < 1.29 is 4.79 Å². The van der Waals surface area contributed by atoms with Gasteiger partial charge in [0.25, 0.3) is 5.91 Å². The van der Waals surface area contributed by atoms with Crippen molar-refractivity contribution in [3.8, 4) is 0 Å². The monoisotopic (exact) mass is 230 g/mol. The standard InChI is InChI=1S/C14H18N2O/c17-14(10-4-2-1-3-5-10)16-13-8-11-6-7-12(9-13)15-11/h1-5,11-13,15H,6-9H2,(H,16,17)/t11-,12-/m1/s1. The van der Waals surface area contributed by atoms with Crippen molar-refractivity contribution in [2.75, 3.05) is 0 Å². The third kappa shape index (κ3) is 2.34. The van der Waals surface area contributed by atoms with E-state index < -0.39 is 0 Å². The SMILES string of the molecule is O=C(NC1C[C@H]2CC[C@H](C1)N2)c1ccccc1. The molecule has 17 heavy (non-hydrogen) atoms. The van der Waals surface area contributed by atoms with Crippen LogP contribution >= 0.6 is 0 Å². The Hall–Kier alpha value is -1.35. The number of carbonyl (C=O) groups excluding carboxylic acids is 1. The number of nitrogens with one attached hydrogen (secondary N) is 2. The molecule has 0 saturated carbocycles. The maximum atomic E-state index is 12.0. The van der Waals surface area contributed by atoms with E-state index in [9.17, 15) is 4.79 Å². The smallest absolute Gasteiger partial charge is 0.251 e. The Morgan fingerprint density at radius 3 is 2.41 bits per heavy atom. The van der Waals surface area contributed by atoms with Gasteiger partial charge in [-0.15, -0.1) is 0 Å². The summed E-state index contributed by atoms with van der Waals surface area (Å²) in [5.74, 6) is 0.0666. The summed E-state index contributed by atoms with van der Waals surface area (Å²) in [7, 11) is 0. The van der Waals surface area contributed by atoms with Crippen molar-refractivity contribution in [3.05, 3.63) is 35.9 Å². The molecule has 2 N–H and O–H groups in total. The van der Waals surface area contributed by atoms with Crippen LogP contribution < -0.4 is 10.6 Å². The van der Waals surface area contributed by atoms with E-state index in [1.807, 2.05) is 30.3 Å². The Kier molecular flexibility index (Phi) is 2.85. The van der Waals surface area contributed by atoms with Crippen molar-refractivity contribution in [1.82, 2.24) is 10.6 Å². The zero-order valence-electron chi connectivity index (χ0n) is 9.86. The van der Waals surface area contributed by atoms with E-state index in [1.54, 1.807) is 0 Å². The molecule has 0 aromatic heterocycles. The molecule has 2 saturated heterocycles. The molecule has 2 bridgehead atoms. The Labute approximate surface area is 102 Å². The predicted octanol–water partition coefficient (Wildman–Crippen LogP) is 1.70. The summed E-state index contributed by atoms with van der Waals surface area (Å²) >= 11 is 0. The lowest BCUT2D eigenvalue weighted by atomic mass is 9.99. The Balaban J connectivity index is 1.62. The van der Waals surface area contributed by atoms with E-state index in [0.717, 1.165) is 18.4 Å². The van der Waals surface area contributed by atoms with Crippen LogP contribution in [0.1, 0.15) is 36.0 Å². The van der Waals surface area contributed by atoms with E-state index in [-0.39, 0.29) is 5.91 Å². The van der Waals surface area contributed by atoms with Crippen LogP contribution in [0.4, 0.5) is 0 Å². The van der Waals surface area contributed by atoms with Crippen molar-refractivity contribution in [2.24, 2.45) is 0 Å². The van der Waals surface area contributed by atoms with Crippen LogP contribution in [0.5, 0.6) is 0 Å². The van der Waals surface area contributed by atoms with Crippen molar-refractivity contribution in [1.29, 1.82) is 0 Å². The van der Waals surface area contributed by atoms with Gasteiger partial charge >= 0.3 is 0 Å². The summed E-state index contributed by atoms with van der Waals surface area (Å²) in [5.41, 5.74) is 0.762. The van der Waals surface area contributed by atoms with E-state index >= 15 is 0 Å². The minimum atomic E-state index is 0.0666. The van der Waals surface area contributed by atoms with Gasteiger partial charge in [-0.1, -0.05) is 18.2 Å². The highest BCUT2D eigenvalue weighted by Gasteiger charge is 2.33. The summed E-state index contributed by atoms with van der Waals surface area (Å²) < 4.78 is 0. The second-order valence-electron chi connectivity index (χ2n) is 5.15. The molecular formula is C14H18N2O. The first-order valence-corrected chi connectivity index (χ1v) is 6.43. The first-order valence-electron chi connectivity index (χ1n) is 6.43. The molecule has 2 heterocycles. The minimum absolute atomic E-state index is 0.0666. The van der Waals surface area contributed by atoms with Gasteiger partial charge in [0.2, 0.25) is 0 Å². The maximum Gasteiger partial charge on any atom is 0.251 e. The number of rotatable bonds is 2.